The van der Waals surface area contributed by atoms with E-state index in [0.717, 1.165) is 27.8 Å². The third-order valence-electron chi connectivity index (χ3n) is 3.84. The fraction of sp³-hybridized carbons (Fsp3) is 0.111. The van der Waals surface area contributed by atoms with Crippen molar-refractivity contribution in [1.29, 1.82) is 0 Å². The van der Waals surface area contributed by atoms with Crippen LogP contribution in [0.3, 0.4) is 0 Å². The van der Waals surface area contributed by atoms with Gasteiger partial charge in [-0.2, -0.15) is 9.97 Å². The van der Waals surface area contributed by atoms with Crippen molar-refractivity contribution in [3.8, 4) is 17.2 Å². The van der Waals surface area contributed by atoms with Crippen molar-refractivity contribution < 1.29 is 0 Å². The molecule has 6 nitrogen and oxygen atoms in total. The molecule has 24 heavy (non-hydrogen) atoms. The first-order chi connectivity index (χ1) is 11.6. The second-order valence-electron chi connectivity index (χ2n) is 5.69. The molecule has 0 aliphatic rings. The molecule has 3 aromatic heterocycles. The molecule has 0 spiro atoms. The Kier molecular flexibility index (Phi) is 3.23. The summed E-state index contributed by atoms with van der Waals surface area (Å²) in [5.74, 6) is 2.10. The average Bonchev–Trinajstić information content (AvgIpc) is 2.98. The third kappa shape index (κ3) is 2.38. The number of nitrogens with two attached hydrogens (primary N) is 1. The van der Waals surface area contributed by atoms with E-state index in [1.807, 2.05) is 42.1 Å². The first-order valence-electron chi connectivity index (χ1n) is 7.63. The van der Waals surface area contributed by atoms with Crippen molar-refractivity contribution in [3.63, 3.8) is 0 Å². The number of nitrogens with zero attached hydrogens (tertiary/aromatic N) is 5. The highest BCUT2D eigenvalue weighted by Gasteiger charge is 2.15. The fourth-order valence-corrected chi connectivity index (χ4v) is 2.81. The highest BCUT2D eigenvalue weighted by Crippen LogP contribution is 2.27. The van der Waals surface area contributed by atoms with Gasteiger partial charge in [0.1, 0.15) is 11.6 Å². The molecule has 3 heterocycles. The van der Waals surface area contributed by atoms with Crippen LogP contribution in [-0.2, 0) is 0 Å². The number of fused-ring (bicyclic) bond motifs is 1. The van der Waals surface area contributed by atoms with Crippen LogP contribution in [0.2, 0.25) is 0 Å². The van der Waals surface area contributed by atoms with Gasteiger partial charge in [-0.1, -0.05) is 18.2 Å². The second kappa shape index (κ2) is 5.42. The molecular formula is C18H16N6. The van der Waals surface area contributed by atoms with Crippen LogP contribution in [0.4, 0.5) is 5.95 Å². The van der Waals surface area contributed by atoms with Gasteiger partial charge in [0, 0.05) is 12.4 Å². The summed E-state index contributed by atoms with van der Waals surface area (Å²) < 4.78 is 2.04. The van der Waals surface area contributed by atoms with E-state index in [9.17, 15) is 0 Å². The topological polar surface area (TPSA) is 82.5 Å². The molecule has 6 heteroatoms. The number of pyridine rings is 1. The van der Waals surface area contributed by atoms with Gasteiger partial charge in [-0.05, 0) is 43.0 Å². The van der Waals surface area contributed by atoms with E-state index in [1.165, 1.54) is 0 Å². The smallest absolute Gasteiger partial charge is 0.223 e. The molecule has 1 aromatic carbocycles. The molecule has 0 unspecified atom stereocenters. The molecule has 118 valence electrons. The largest absolute Gasteiger partial charge is 0.368 e. The molecule has 0 fully saturated rings. The van der Waals surface area contributed by atoms with E-state index in [1.54, 1.807) is 6.92 Å². The summed E-state index contributed by atoms with van der Waals surface area (Å²) in [5, 5.41) is 1.15. The first-order valence-corrected chi connectivity index (χ1v) is 7.63. The predicted molar refractivity (Wildman–Crippen MR) is 93.8 cm³/mol. The summed E-state index contributed by atoms with van der Waals surface area (Å²) in [6, 6.07) is 12.3. The minimum Gasteiger partial charge on any atom is -0.368 e. The lowest BCUT2D eigenvalue weighted by Crippen LogP contribution is -2.06. The van der Waals surface area contributed by atoms with Gasteiger partial charge in [-0.25, -0.2) is 9.97 Å². The van der Waals surface area contributed by atoms with E-state index in [0.29, 0.717) is 11.6 Å². The summed E-state index contributed by atoms with van der Waals surface area (Å²) in [7, 11) is 0. The number of rotatable bonds is 2. The van der Waals surface area contributed by atoms with Crippen LogP contribution in [-0.4, -0.2) is 24.5 Å². The molecule has 2 N–H and O–H groups in total. The zero-order valence-corrected chi connectivity index (χ0v) is 13.4. The Balaban J connectivity index is 2.00. The maximum atomic E-state index is 5.80. The van der Waals surface area contributed by atoms with E-state index < -0.39 is 0 Å². The molecule has 0 aliphatic carbocycles. The first kappa shape index (κ1) is 14.3. The molecule has 0 aliphatic heterocycles. The van der Waals surface area contributed by atoms with Crippen LogP contribution in [0.25, 0.3) is 28.1 Å². The van der Waals surface area contributed by atoms with Crippen molar-refractivity contribution >= 4 is 16.9 Å². The fourth-order valence-electron chi connectivity index (χ4n) is 2.81. The summed E-state index contributed by atoms with van der Waals surface area (Å²) in [6.45, 7) is 3.79. The van der Waals surface area contributed by atoms with Crippen molar-refractivity contribution in [2.45, 2.75) is 13.8 Å². The van der Waals surface area contributed by atoms with Gasteiger partial charge in [0.05, 0.1) is 11.1 Å². The number of hydrogen-bond donors (Lipinski definition) is 1. The number of para-hydroxylation sites is 1. The number of hydrogen-bond acceptors (Lipinski definition) is 5. The SMILES string of the molecule is Cc1cnc(-n2ccc3ccccc32)c(-c2nc(C)nc(N)n2)c1. The Morgan fingerprint density at radius 3 is 2.67 bits per heavy atom. The van der Waals surface area contributed by atoms with E-state index in [-0.39, 0.29) is 5.95 Å². The van der Waals surface area contributed by atoms with Gasteiger partial charge < -0.3 is 10.3 Å². The van der Waals surface area contributed by atoms with Crippen LogP contribution in [0.5, 0.6) is 0 Å². The minimum atomic E-state index is 0.210. The summed E-state index contributed by atoms with van der Waals surface area (Å²) in [4.78, 5) is 17.4. The van der Waals surface area contributed by atoms with Crippen LogP contribution >= 0.6 is 0 Å². The number of nitrogen functional groups attached to an aromatic ring is 1. The number of benzene rings is 1. The molecule has 4 aromatic rings. The quantitative estimate of drug-likeness (QED) is 0.614. The van der Waals surface area contributed by atoms with E-state index in [4.69, 9.17) is 5.73 Å². The molecule has 4 rings (SSSR count). The summed E-state index contributed by atoms with van der Waals surface area (Å²) in [5.41, 5.74) is 8.74. The normalized spacial score (nSPS) is 11.1. The lowest BCUT2D eigenvalue weighted by atomic mass is 10.2. The van der Waals surface area contributed by atoms with Crippen LogP contribution in [0.15, 0.2) is 48.8 Å². The number of aryl methyl sites for hydroxylation is 2. The Morgan fingerprint density at radius 1 is 1.00 bits per heavy atom. The Hall–Kier alpha value is -3.28. The number of anilines is 1. The van der Waals surface area contributed by atoms with Crippen LogP contribution in [0.1, 0.15) is 11.4 Å². The van der Waals surface area contributed by atoms with E-state index in [2.05, 4.69) is 38.1 Å². The van der Waals surface area contributed by atoms with E-state index >= 15 is 0 Å². The lowest BCUT2D eigenvalue weighted by Gasteiger charge is -2.11. The maximum Gasteiger partial charge on any atom is 0.223 e. The zero-order chi connectivity index (χ0) is 16.7. The van der Waals surface area contributed by atoms with Crippen molar-refractivity contribution in [1.82, 2.24) is 24.5 Å². The molecular weight excluding hydrogens is 300 g/mol. The van der Waals surface area contributed by atoms with Gasteiger partial charge in [0.2, 0.25) is 5.95 Å². The predicted octanol–water partition coefficient (Wildman–Crippen LogP) is 3.08. The van der Waals surface area contributed by atoms with Crippen molar-refractivity contribution in [2.75, 3.05) is 5.73 Å². The Bertz CT molecular complexity index is 1030. The Morgan fingerprint density at radius 2 is 1.83 bits per heavy atom. The van der Waals surface area contributed by atoms with Crippen LogP contribution < -0.4 is 5.73 Å². The molecule has 0 radical (unpaired) electrons. The molecule has 0 saturated heterocycles. The maximum absolute atomic E-state index is 5.80. The Labute approximate surface area is 139 Å². The van der Waals surface area contributed by atoms with Crippen LogP contribution in [0, 0.1) is 13.8 Å². The minimum absolute atomic E-state index is 0.210. The van der Waals surface area contributed by atoms with Gasteiger partial charge in [0.15, 0.2) is 5.82 Å². The van der Waals surface area contributed by atoms with Gasteiger partial charge in [-0.3, -0.25) is 0 Å². The highest BCUT2D eigenvalue weighted by molar-refractivity contribution is 5.83. The van der Waals surface area contributed by atoms with Gasteiger partial charge in [-0.15, -0.1) is 0 Å². The van der Waals surface area contributed by atoms with Gasteiger partial charge >= 0.3 is 0 Å². The monoisotopic (exact) mass is 316 g/mol. The zero-order valence-electron chi connectivity index (χ0n) is 13.4. The third-order valence-corrected chi connectivity index (χ3v) is 3.84. The lowest BCUT2D eigenvalue weighted by molar-refractivity contribution is 0.978. The molecule has 0 amide bonds. The summed E-state index contributed by atoms with van der Waals surface area (Å²) in [6.07, 6.45) is 3.84. The number of aromatic nitrogens is 5. The molecule has 0 bridgehead atoms. The molecule has 0 atom stereocenters. The highest BCUT2D eigenvalue weighted by atomic mass is 15.1. The second-order valence-corrected chi connectivity index (χ2v) is 5.69. The molecule has 0 saturated carbocycles. The average molecular weight is 316 g/mol. The van der Waals surface area contributed by atoms with Crippen molar-refractivity contribution in [2.24, 2.45) is 0 Å². The standard InChI is InChI=1S/C18H16N6/c1-11-9-14(16-21-12(2)22-18(19)23-16)17(20-10-11)24-8-7-13-5-3-4-6-15(13)24/h3-10H,1-2H3,(H2,19,21,22,23). The van der Waals surface area contributed by atoms with Crippen molar-refractivity contribution in [3.05, 3.63) is 60.2 Å². The van der Waals surface area contributed by atoms with Gasteiger partial charge in [0.25, 0.3) is 0 Å². The summed E-state index contributed by atoms with van der Waals surface area (Å²) >= 11 is 0.